The lowest BCUT2D eigenvalue weighted by Gasteiger charge is -2.21. The van der Waals surface area contributed by atoms with E-state index in [1.54, 1.807) is 7.11 Å². The second-order valence-electron chi connectivity index (χ2n) is 3.80. The Bertz CT molecular complexity index is 238. The van der Waals surface area contributed by atoms with E-state index in [0.717, 1.165) is 5.76 Å². The average Bonchev–Trinajstić information content (AvgIpc) is 2.92. The highest BCUT2D eigenvalue weighted by Gasteiger charge is 2.25. The number of ether oxygens (including phenoxy) is 2. The van der Waals surface area contributed by atoms with Crippen LogP contribution in [0, 0.1) is 5.92 Å². The van der Waals surface area contributed by atoms with Crippen molar-refractivity contribution in [2.75, 3.05) is 7.11 Å². The summed E-state index contributed by atoms with van der Waals surface area (Å²) < 4.78 is 11.0. The molecule has 2 rings (SSSR count). The molecule has 0 aromatic heterocycles. The highest BCUT2D eigenvalue weighted by molar-refractivity contribution is 5.22. The lowest BCUT2D eigenvalue weighted by molar-refractivity contribution is 0.102. The summed E-state index contributed by atoms with van der Waals surface area (Å²) in [7, 11) is 1.74. The fourth-order valence-electron chi connectivity index (χ4n) is 1.46. The van der Waals surface area contributed by atoms with Crippen molar-refractivity contribution in [3.8, 4) is 0 Å². The van der Waals surface area contributed by atoms with Crippen molar-refractivity contribution in [2.45, 2.75) is 32.0 Å². The molecule has 13 heavy (non-hydrogen) atoms. The standard InChI is InChI=1S/C11H16O2/c1-8-3-4-10(7-11(8)12-2)13-9-5-6-9/h3-4,7-9,11H,5-6H2,1-2H3. The Morgan fingerprint density at radius 2 is 2.15 bits per heavy atom. The van der Waals surface area contributed by atoms with Gasteiger partial charge in [-0.05, 0) is 25.0 Å². The normalized spacial score (nSPS) is 32.9. The summed E-state index contributed by atoms with van der Waals surface area (Å²) in [5.41, 5.74) is 0. The van der Waals surface area contributed by atoms with E-state index in [1.165, 1.54) is 12.8 Å². The van der Waals surface area contributed by atoms with Crippen molar-refractivity contribution in [2.24, 2.45) is 5.92 Å². The molecule has 2 aliphatic carbocycles. The first-order valence-corrected chi connectivity index (χ1v) is 4.89. The van der Waals surface area contributed by atoms with Gasteiger partial charge < -0.3 is 9.47 Å². The molecule has 2 aliphatic rings. The zero-order valence-corrected chi connectivity index (χ0v) is 8.19. The molecule has 0 aliphatic heterocycles. The Labute approximate surface area is 79.2 Å². The van der Waals surface area contributed by atoms with E-state index in [4.69, 9.17) is 9.47 Å². The number of rotatable bonds is 3. The van der Waals surface area contributed by atoms with Crippen LogP contribution in [0.4, 0.5) is 0 Å². The first-order chi connectivity index (χ1) is 6.29. The van der Waals surface area contributed by atoms with Crippen molar-refractivity contribution in [1.82, 2.24) is 0 Å². The molecule has 0 spiro atoms. The number of hydrogen-bond acceptors (Lipinski definition) is 2. The molecule has 0 amide bonds. The Hall–Kier alpha value is -0.760. The summed E-state index contributed by atoms with van der Waals surface area (Å²) >= 11 is 0. The van der Waals surface area contributed by atoms with Gasteiger partial charge in [0.25, 0.3) is 0 Å². The van der Waals surface area contributed by atoms with Crippen LogP contribution in [0.15, 0.2) is 24.0 Å². The van der Waals surface area contributed by atoms with Crippen LogP contribution in [0.25, 0.3) is 0 Å². The maximum atomic E-state index is 5.68. The van der Waals surface area contributed by atoms with Gasteiger partial charge in [-0.3, -0.25) is 0 Å². The van der Waals surface area contributed by atoms with Crippen molar-refractivity contribution < 1.29 is 9.47 Å². The molecule has 0 heterocycles. The van der Waals surface area contributed by atoms with E-state index < -0.39 is 0 Å². The van der Waals surface area contributed by atoms with Crippen LogP contribution < -0.4 is 0 Å². The summed E-state index contributed by atoms with van der Waals surface area (Å²) in [5.74, 6) is 1.43. The van der Waals surface area contributed by atoms with Gasteiger partial charge in [-0.2, -0.15) is 0 Å². The van der Waals surface area contributed by atoms with Crippen LogP contribution in [0.2, 0.25) is 0 Å². The van der Waals surface area contributed by atoms with E-state index in [1.807, 2.05) is 0 Å². The summed E-state index contributed by atoms with van der Waals surface area (Å²) in [4.78, 5) is 0. The van der Waals surface area contributed by atoms with Gasteiger partial charge in [0.05, 0.1) is 12.2 Å². The molecule has 0 saturated heterocycles. The molecular weight excluding hydrogens is 164 g/mol. The molecule has 2 atom stereocenters. The van der Waals surface area contributed by atoms with Gasteiger partial charge in [-0.25, -0.2) is 0 Å². The maximum absolute atomic E-state index is 5.68. The third-order valence-electron chi connectivity index (χ3n) is 2.51. The first-order valence-electron chi connectivity index (χ1n) is 4.89. The Morgan fingerprint density at radius 1 is 1.38 bits per heavy atom. The highest BCUT2D eigenvalue weighted by atomic mass is 16.5. The molecule has 1 saturated carbocycles. The molecule has 2 nitrogen and oxygen atoms in total. The van der Waals surface area contributed by atoms with Crippen molar-refractivity contribution in [3.05, 3.63) is 24.0 Å². The molecule has 2 heteroatoms. The lowest BCUT2D eigenvalue weighted by atomic mass is 9.99. The summed E-state index contributed by atoms with van der Waals surface area (Å²) in [5, 5.41) is 0. The number of methoxy groups -OCH3 is 1. The molecule has 0 aromatic rings. The van der Waals surface area contributed by atoms with Gasteiger partial charge in [-0.15, -0.1) is 0 Å². The third-order valence-corrected chi connectivity index (χ3v) is 2.51. The molecule has 0 radical (unpaired) electrons. The molecule has 1 fully saturated rings. The van der Waals surface area contributed by atoms with Crippen LogP contribution >= 0.6 is 0 Å². The number of hydrogen-bond donors (Lipinski definition) is 0. The zero-order chi connectivity index (χ0) is 9.26. The number of allylic oxidation sites excluding steroid dienone is 1. The molecule has 72 valence electrons. The van der Waals surface area contributed by atoms with E-state index >= 15 is 0 Å². The minimum absolute atomic E-state index is 0.179. The fraction of sp³-hybridized carbons (Fsp3) is 0.636. The van der Waals surface area contributed by atoms with Crippen LogP contribution in [0.1, 0.15) is 19.8 Å². The second-order valence-corrected chi connectivity index (χ2v) is 3.80. The van der Waals surface area contributed by atoms with Gasteiger partial charge >= 0.3 is 0 Å². The second kappa shape index (κ2) is 3.54. The predicted octanol–water partition coefficient (Wildman–Crippen LogP) is 2.27. The predicted molar refractivity (Wildman–Crippen MR) is 51.3 cm³/mol. The zero-order valence-electron chi connectivity index (χ0n) is 8.19. The highest BCUT2D eigenvalue weighted by Crippen LogP contribution is 2.29. The minimum Gasteiger partial charge on any atom is -0.491 e. The SMILES string of the molecule is COC1C=C(OC2CC2)C=CC1C. The maximum Gasteiger partial charge on any atom is 0.118 e. The van der Waals surface area contributed by atoms with Gasteiger partial charge in [0.15, 0.2) is 0 Å². The van der Waals surface area contributed by atoms with E-state index in [0.29, 0.717) is 12.0 Å². The summed E-state index contributed by atoms with van der Waals surface area (Å²) in [6.07, 6.45) is 9.34. The van der Waals surface area contributed by atoms with Gasteiger partial charge in [-0.1, -0.05) is 13.0 Å². The van der Waals surface area contributed by atoms with Crippen LogP contribution in [0.5, 0.6) is 0 Å². The molecular formula is C11H16O2. The fourth-order valence-corrected chi connectivity index (χ4v) is 1.46. The van der Waals surface area contributed by atoms with Crippen molar-refractivity contribution in [1.29, 1.82) is 0 Å². The summed E-state index contributed by atoms with van der Waals surface area (Å²) in [6.45, 7) is 2.15. The molecule has 0 aromatic carbocycles. The lowest BCUT2D eigenvalue weighted by Crippen LogP contribution is -2.19. The van der Waals surface area contributed by atoms with Gasteiger partial charge in [0.1, 0.15) is 5.76 Å². The minimum atomic E-state index is 0.179. The van der Waals surface area contributed by atoms with E-state index in [2.05, 4.69) is 25.2 Å². The quantitative estimate of drug-likeness (QED) is 0.663. The first kappa shape index (κ1) is 8.82. The van der Waals surface area contributed by atoms with Crippen LogP contribution in [-0.4, -0.2) is 19.3 Å². The Morgan fingerprint density at radius 3 is 2.77 bits per heavy atom. The Balaban J connectivity index is 1.98. The monoisotopic (exact) mass is 180 g/mol. The largest absolute Gasteiger partial charge is 0.491 e. The van der Waals surface area contributed by atoms with Gasteiger partial charge in [0.2, 0.25) is 0 Å². The van der Waals surface area contributed by atoms with Crippen molar-refractivity contribution >= 4 is 0 Å². The van der Waals surface area contributed by atoms with E-state index in [9.17, 15) is 0 Å². The third kappa shape index (κ3) is 2.13. The van der Waals surface area contributed by atoms with Crippen LogP contribution in [-0.2, 0) is 9.47 Å². The molecule has 2 unspecified atom stereocenters. The van der Waals surface area contributed by atoms with E-state index in [-0.39, 0.29) is 6.10 Å². The molecule has 0 N–H and O–H groups in total. The Kier molecular flexibility index (Phi) is 2.40. The average molecular weight is 180 g/mol. The topological polar surface area (TPSA) is 18.5 Å². The summed E-state index contributed by atoms with van der Waals surface area (Å²) in [6, 6.07) is 0. The van der Waals surface area contributed by atoms with Crippen molar-refractivity contribution in [3.63, 3.8) is 0 Å². The van der Waals surface area contributed by atoms with Gasteiger partial charge in [0, 0.05) is 13.0 Å². The smallest absolute Gasteiger partial charge is 0.118 e. The van der Waals surface area contributed by atoms with Crippen LogP contribution in [0.3, 0.4) is 0 Å². The molecule has 0 bridgehead atoms.